The molecule has 1 atom stereocenters. The molecular formula is C16H25N3O4S. The summed E-state index contributed by atoms with van der Waals surface area (Å²) in [5.41, 5.74) is 0. The average molecular weight is 355 g/mol. The van der Waals surface area contributed by atoms with Gasteiger partial charge < -0.3 is 10.1 Å². The minimum atomic E-state index is -0.470. The molecule has 1 aliphatic rings. The van der Waals surface area contributed by atoms with Crippen molar-refractivity contribution in [1.29, 1.82) is 0 Å². The Bertz CT molecular complexity index is 553. The van der Waals surface area contributed by atoms with Gasteiger partial charge in [0.25, 0.3) is 5.91 Å². The van der Waals surface area contributed by atoms with Gasteiger partial charge in [-0.1, -0.05) is 38.0 Å². The number of hydrogen-bond acceptors (Lipinski definition) is 6. The molecule has 7 nitrogen and oxygen atoms in total. The van der Waals surface area contributed by atoms with Crippen molar-refractivity contribution in [2.45, 2.75) is 32.7 Å². The Labute approximate surface area is 146 Å². The third kappa shape index (κ3) is 4.75. The van der Waals surface area contributed by atoms with Gasteiger partial charge in [0.05, 0.1) is 23.0 Å². The van der Waals surface area contributed by atoms with E-state index in [0.717, 1.165) is 50.5 Å². The number of nitrogens with one attached hydrogen (secondary N) is 1. The van der Waals surface area contributed by atoms with E-state index in [0.29, 0.717) is 17.3 Å². The van der Waals surface area contributed by atoms with Crippen LogP contribution >= 0.6 is 11.3 Å². The third-order valence-corrected chi connectivity index (χ3v) is 5.61. The van der Waals surface area contributed by atoms with Gasteiger partial charge in [0.1, 0.15) is 0 Å². The van der Waals surface area contributed by atoms with Crippen molar-refractivity contribution in [3.63, 3.8) is 0 Å². The van der Waals surface area contributed by atoms with E-state index in [9.17, 15) is 14.9 Å². The second-order valence-corrected chi connectivity index (χ2v) is 6.96. The van der Waals surface area contributed by atoms with E-state index in [1.807, 2.05) is 0 Å². The number of rotatable bonds is 8. The Morgan fingerprint density at radius 2 is 2.04 bits per heavy atom. The predicted octanol–water partition coefficient (Wildman–Crippen LogP) is 2.52. The van der Waals surface area contributed by atoms with Crippen LogP contribution in [0.25, 0.3) is 0 Å². The highest BCUT2D eigenvalue weighted by Gasteiger charge is 2.27. The Hall–Kier alpha value is -1.51. The molecule has 1 fully saturated rings. The van der Waals surface area contributed by atoms with Crippen LogP contribution in [0.3, 0.4) is 0 Å². The molecule has 134 valence electrons. The smallest absolute Gasteiger partial charge is 0.324 e. The fourth-order valence-electron chi connectivity index (χ4n) is 3.17. The van der Waals surface area contributed by atoms with Crippen molar-refractivity contribution in [3.8, 4) is 0 Å². The Morgan fingerprint density at radius 3 is 2.58 bits per heavy atom. The summed E-state index contributed by atoms with van der Waals surface area (Å²) in [4.78, 5) is 25.3. The molecule has 1 aromatic rings. The van der Waals surface area contributed by atoms with Crippen LogP contribution in [-0.4, -0.2) is 54.6 Å². The van der Waals surface area contributed by atoms with Crippen LogP contribution in [0.2, 0.25) is 0 Å². The average Bonchev–Trinajstić information content (AvgIpc) is 3.09. The summed E-state index contributed by atoms with van der Waals surface area (Å²) in [6.07, 6.45) is 2.11. The van der Waals surface area contributed by atoms with Gasteiger partial charge in [-0.15, -0.1) is 0 Å². The molecule has 24 heavy (non-hydrogen) atoms. The number of nitro groups is 1. The van der Waals surface area contributed by atoms with Gasteiger partial charge in [-0.05, 0) is 12.0 Å². The lowest BCUT2D eigenvalue weighted by atomic mass is 9.92. The van der Waals surface area contributed by atoms with Crippen LogP contribution in [0.5, 0.6) is 0 Å². The fraction of sp³-hybridized carbons (Fsp3) is 0.688. The van der Waals surface area contributed by atoms with Crippen LogP contribution < -0.4 is 5.32 Å². The number of carbonyl (C=O) groups is 1. The summed E-state index contributed by atoms with van der Waals surface area (Å²) >= 11 is 0.912. The number of ether oxygens (including phenoxy) is 1. The highest BCUT2D eigenvalue weighted by Crippen LogP contribution is 2.24. The maximum Gasteiger partial charge on any atom is 0.324 e. The van der Waals surface area contributed by atoms with Crippen molar-refractivity contribution < 1.29 is 14.5 Å². The Balaban J connectivity index is 1.99. The number of carbonyl (C=O) groups excluding carboxylic acids is 1. The van der Waals surface area contributed by atoms with Crippen LogP contribution in [0, 0.1) is 16.0 Å². The molecule has 0 unspecified atom stereocenters. The van der Waals surface area contributed by atoms with Crippen LogP contribution in [0.15, 0.2) is 12.1 Å². The molecular weight excluding hydrogens is 330 g/mol. The van der Waals surface area contributed by atoms with E-state index in [1.165, 1.54) is 12.1 Å². The largest absolute Gasteiger partial charge is 0.379 e. The molecule has 0 saturated carbocycles. The third-order valence-electron chi connectivity index (χ3n) is 4.57. The standard InChI is InChI=1S/C16H25N3O4S/c1-3-12(4-2)13(18-7-9-23-10-8-18)11-17-16(20)14-5-6-15(24-14)19(21)22/h5-6,12-13H,3-4,7-11H2,1-2H3,(H,17,20)/t13-/m1/s1. The zero-order valence-electron chi connectivity index (χ0n) is 14.2. The predicted molar refractivity (Wildman–Crippen MR) is 93.6 cm³/mol. The number of amides is 1. The van der Waals surface area contributed by atoms with Gasteiger partial charge in [-0.2, -0.15) is 0 Å². The molecule has 1 amide bonds. The maximum atomic E-state index is 12.3. The number of hydrogen-bond donors (Lipinski definition) is 1. The molecule has 1 aromatic heterocycles. The lowest BCUT2D eigenvalue weighted by Crippen LogP contribution is -2.52. The zero-order chi connectivity index (χ0) is 17.5. The van der Waals surface area contributed by atoms with Crippen LogP contribution in [-0.2, 0) is 4.74 Å². The molecule has 1 aliphatic heterocycles. The first-order valence-electron chi connectivity index (χ1n) is 8.41. The second kappa shape index (κ2) is 9.10. The monoisotopic (exact) mass is 355 g/mol. The molecule has 2 rings (SSSR count). The summed E-state index contributed by atoms with van der Waals surface area (Å²) in [7, 11) is 0. The highest BCUT2D eigenvalue weighted by atomic mass is 32.1. The summed E-state index contributed by atoms with van der Waals surface area (Å²) in [5, 5.41) is 13.7. The van der Waals surface area contributed by atoms with Gasteiger partial charge in [0.2, 0.25) is 0 Å². The molecule has 0 aromatic carbocycles. The number of nitrogens with zero attached hydrogens (tertiary/aromatic N) is 2. The summed E-state index contributed by atoms with van der Waals surface area (Å²) in [5.74, 6) is 0.262. The quantitative estimate of drug-likeness (QED) is 0.572. The zero-order valence-corrected chi connectivity index (χ0v) is 15.0. The van der Waals surface area contributed by atoms with E-state index >= 15 is 0 Å². The van der Waals surface area contributed by atoms with Gasteiger partial charge in [-0.3, -0.25) is 19.8 Å². The van der Waals surface area contributed by atoms with E-state index in [-0.39, 0.29) is 17.0 Å². The summed E-state index contributed by atoms with van der Waals surface area (Å²) in [6, 6.07) is 3.15. The first kappa shape index (κ1) is 18.8. The molecule has 0 bridgehead atoms. The molecule has 1 saturated heterocycles. The van der Waals surface area contributed by atoms with Gasteiger partial charge >= 0.3 is 5.00 Å². The van der Waals surface area contributed by atoms with Crippen molar-refractivity contribution in [2.24, 2.45) is 5.92 Å². The van der Waals surface area contributed by atoms with Crippen LogP contribution in [0.1, 0.15) is 36.4 Å². The van der Waals surface area contributed by atoms with Crippen molar-refractivity contribution in [2.75, 3.05) is 32.8 Å². The van der Waals surface area contributed by atoms with Gasteiger partial charge in [0.15, 0.2) is 0 Å². The minimum Gasteiger partial charge on any atom is -0.379 e. The lowest BCUT2D eigenvalue weighted by Gasteiger charge is -2.38. The minimum absolute atomic E-state index is 0.00938. The van der Waals surface area contributed by atoms with Crippen molar-refractivity contribution in [1.82, 2.24) is 10.2 Å². The number of morpholine rings is 1. The van der Waals surface area contributed by atoms with Crippen molar-refractivity contribution in [3.05, 3.63) is 27.1 Å². The highest BCUT2D eigenvalue weighted by molar-refractivity contribution is 7.17. The summed E-state index contributed by atoms with van der Waals surface area (Å²) < 4.78 is 5.43. The Kier molecular flexibility index (Phi) is 7.14. The SMILES string of the molecule is CCC(CC)[C@@H](CNC(=O)c1ccc([N+](=O)[O-])s1)N1CCOCC1. The summed E-state index contributed by atoms with van der Waals surface area (Å²) in [6.45, 7) is 8.10. The molecule has 0 aliphatic carbocycles. The number of thiophene rings is 1. The van der Waals surface area contributed by atoms with E-state index in [4.69, 9.17) is 4.74 Å². The molecule has 1 N–H and O–H groups in total. The second-order valence-electron chi connectivity index (χ2n) is 5.90. The normalized spacial score (nSPS) is 17.0. The van der Waals surface area contributed by atoms with Gasteiger partial charge in [0, 0.05) is 31.7 Å². The fourth-order valence-corrected chi connectivity index (χ4v) is 3.90. The molecule has 0 radical (unpaired) electrons. The molecule has 2 heterocycles. The Morgan fingerprint density at radius 1 is 1.38 bits per heavy atom. The maximum absolute atomic E-state index is 12.3. The first-order chi connectivity index (χ1) is 11.6. The van der Waals surface area contributed by atoms with E-state index < -0.39 is 4.92 Å². The lowest BCUT2D eigenvalue weighted by molar-refractivity contribution is -0.380. The molecule has 8 heteroatoms. The van der Waals surface area contributed by atoms with Crippen LogP contribution in [0.4, 0.5) is 5.00 Å². The van der Waals surface area contributed by atoms with Gasteiger partial charge in [-0.25, -0.2) is 0 Å². The molecule has 0 spiro atoms. The van der Waals surface area contributed by atoms with E-state index in [2.05, 4.69) is 24.1 Å². The first-order valence-corrected chi connectivity index (χ1v) is 9.22. The van der Waals surface area contributed by atoms with E-state index in [1.54, 1.807) is 0 Å². The van der Waals surface area contributed by atoms with Crippen molar-refractivity contribution >= 4 is 22.2 Å². The topological polar surface area (TPSA) is 84.7 Å².